The van der Waals surface area contributed by atoms with Crippen LogP contribution in [0, 0.1) is 0 Å². The largest absolute Gasteiger partial charge is 0.496 e. The summed E-state index contributed by atoms with van der Waals surface area (Å²) < 4.78 is 11.1. The van der Waals surface area contributed by atoms with E-state index in [4.69, 9.17) is 15.2 Å². The van der Waals surface area contributed by atoms with E-state index in [0.717, 1.165) is 0 Å². The number of nitrogens with two attached hydrogens (primary N) is 1. The molecule has 6 nitrogen and oxygen atoms in total. The van der Waals surface area contributed by atoms with Crippen molar-refractivity contribution in [2.45, 2.75) is 6.04 Å². The maximum absolute atomic E-state index is 11.4. The summed E-state index contributed by atoms with van der Waals surface area (Å²) in [6.07, 6.45) is 0. The van der Waals surface area contributed by atoms with Gasteiger partial charge in [-0.15, -0.1) is 0 Å². The minimum absolute atomic E-state index is 0.489. The van der Waals surface area contributed by atoms with Crippen LogP contribution >= 0.6 is 0 Å². The molecule has 0 fully saturated rings. The van der Waals surface area contributed by atoms with Crippen molar-refractivity contribution in [1.82, 2.24) is 5.06 Å². The molecule has 0 bridgehead atoms. The molecule has 2 aromatic carbocycles. The minimum atomic E-state index is -0.950. The Balaban J connectivity index is 2.24. The number of rotatable bonds is 2. The van der Waals surface area contributed by atoms with Crippen molar-refractivity contribution in [3.63, 3.8) is 0 Å². The van der Waals surface area contributed by atoms with Crippen molar-refractivity contribution in [1.29, 1.82) is 0 Å². The standard InChI is InChI=1S/C15H14N2O4/c1-20-11-7-4-8-12-13(11)14(17(19)15(16)18)9-5-2-3-6-10(9)21-12/h2-8,14,19H,1H3,(H2,16,18). The molecule has 0 saturated carbocycles. The molecule has 1 heterocycles. The number of urea groups is 1. The van der Waals surface area contributed by atoms with Gasteiger partial charge in [-0.25, -0.2) is 4.79 Å². The van der Waals surface area contributed by atoms with E-state index < -0.39 is 12.1 Å². The molecule has 1 aliphatic rings. The van der Waals surface area contributed by atoms with Gasteiger partial charge in [0.25, 0.3) is 0 Å². The number of primary amides is 1. The second-order valence-electron chi connectivity index (χ2n) is 4.60. The van der Waals surface area contributed by atoms with E-state index in [9.17, 15) is 10.0 Å². The Bertz CT molecular complexity index is 702. The summed E-state index contributed by atoms with van der Waals surface area (Å²) in [6.45, 7) is 0. The summed E-state index contributed by atoms with van der Waals surface area (Å²) >= 11 is 0. The van der Waals surface area contributed by atoms with Gasteiger partial charge in [-0.05, 0) is 18.2 Å². The fraction of sp³-hybridized carbons (Fsp3) is 0.133. The Kier molecular flexibility index (Phi) is 3.15. The SMILES string of the molecule is COc1cccc2c1C(N(O)C(N)=O)c1ccccc1O2. The highest BCUT2D eigenvalue weighted by Gasteiger charge is 2.35. The van der Waals surface area contributed by atoms with Crippen LogP contribution in [0.4, 0.5) is 4.79 Å². The first-order chi connectivity index (χ1) is 10.1. The zero-order valence-corrected chi connectivity index (χ0v) is 11.3. The zero-order chi connectivity index (χ0) is 15.0. The van der Waals surface area contributed by atoms with Crippen molar-refractivity contribution in [3.05, 3.63) is 53.6 Å². The number of carbonyl (C=O) groups excluding carboxylic acids is 1. The van der Waals surface area contributed by atoms with Crippen molar-refractivity contribution in [3.8, 4) is 17.2 Å². The highest BCUT2D eigenvalue weighted by atomic mass is 16.5. The summed E-state index contributed by atoms with van der Waals surface area (Å²) in [5.74, 6) is 1.58. The van der Waals surface area contributed by atoms with E-state index in [1.165, 1.54) is 7.11 Å². The van der Waals surface area contributed by atoms with E-state index in [1.807, 2.05) is 6.07 Å². The van der Waals surface area contributed by atoms with Crippen LogP contribution in [-0.2, 0) is 0 Å². The van der Waals surface area contributed by atoms with Crippen LogP contribution in [0.25, 0.3) is 0 Å². The van der Waals surface area contributed by atoms with Gasteiger partial charge in [-0.1, -0.05) is 24.3 Å². The number of carbonyl (C=O) groups is 1. The molecule has 0 aromatic heterocycles. The number of hydrogen-bond donors (Lipinski definition) is 2. The molecule has 1 unspecified atom stereocenters. The topological polar surface area (TPSA) is 85.0 Å². The van der Waals surface area contributed by atoms with Gasteiger partial charge in [0.05, 0.1) is 12.7 Å². The number of nitrogens with zero attached hydrogens (tertiary/aromatic N) is 1. The summed E-state index contributed by atoms with van der Waals surface area (Å²) in [5.41, 5.74) is 6.42. The minimum Gasteiger partial charge on any atom is -0.496 e. The van der Waals surface area contributed by atoms with Crippen molar-refractivity contribution >= 4 is 6.03 Å². The summed E-state index contributed by atoms with van der Waals surface area (Å²) in [5, 5.41) is 10.6. The van der Waals surface area contributed by atoms with Gasteiger partial charge in [0, 0.05) is 5.56 Å². The molecule has 0 aliphatic carbocycles. The van der Waals surface area contributed by atoms with Crippen LogP contribution in [0.2, 0.25) is 0 Å². The third-order valence-electron chi connectivity index (χ3n) is 3.42. The Morgan fingerprint density at radius 3 is 2.67 bits per heavy atom. The third-order valence-corrected chi connectivity index (χ3v) is 3.42. The van der Waals surface area contributed by atoms with Gasteiger partial charge < -0.3 is 15.2 Å². The summed E-state index contributed by atoms with van der Waals surface area (Å²) in [6, 6.07) is 10.7. The van der Waals surface area contributed by atoms with E-state index in [1.54, 1.807) is 36.4 Å². The van der Waals surface area contributed by atoms with Crippen LogP contribution in [0.3, 0.4) is 0 Å². The van der Waals surface area contributed by atoms with Gasteiger partial charge in [0.2, 0.25) is 0 Å². The molecule has 3 rings (SSSR count). The van der Waals surface area contributed by atoms with E-state index in [2.05, 4.69) is 0 Å². The molecular formula is C15H14N2O4. The average Bonchev–Trinajstić information content (AvgIpc) is 2.51. The molecule has 1 atom stereocenters. The van der Waals surface area contributed by atoms with Crippen LogP contribution in [0.1, 0.15) is 17.2 Å². The highest BCUT2D eigenvalue weighted by molar-refractivity contribution is 5.73. The number of amides is 2. The third kappa shape index (κ3) is 2.05. The lowest BCUT2D eigenvalue weighted by Gasteiger charge is -2.32. The number of para-hydroxylation sites is 1. The predicted octanol–water partition coefficient (Wildman–Crippen LogP) is 2.66. The maximum Gasteiger partial charge on any atom is 0.339 e. The Hall–Kier alpha value is -2.73. The molecule has 0 radical (unpaired) electrons. The molecule has 0 spiro atoms. The number of methoxy groups -OCH3 is 1. The van der Waals surface area contributed by atoms with Crippen LogP contribution in [-0.4, -0.2) is 23.4 Å². The number of benzene rings is 2. The molecule has 1 aliphatic heterocycles. The maximum atomic E-state index is 11.4. The number of hydroxylamine groups is 2. The Morgan fingerprint density at radius 2 is 1.95 bits per heavy atom. The lowest BCUT2D eigenvalue weighted by atomic mass is 9.93. The second kappa shape index (κ2) is 4.99. The van der Waals surface area contributed by atoms with Crippen molar-refractivity contribution < 1.29 is 19.5 Å². The molecule has 2 amide bonds. The first-order valence-corrected chi connectivity index (χ1v) is 6.34. The van der Waals surface area contributed by atoms with E-state index in [0.29, 0.717) is 33.4 Å². The molecule has 2 aromatic rings. The fourth-order valence-corrected chi connectivity index (χ4v) is 2.51. The van der Waals surface area contributed by atoms with Crippen LogP contribution in [0.5, 0.6) is 17.2 Å². The fourth-order valence-electron chi connectivity index (χ4n) is 2.51. The van der Waals surface area contributed by atoms with E-state index in [-0.39, 0.29) is 0 Å². The number of ether oxygens (including phenoxy) is 2. The molecule has 0 saturated heterocycles. The summed E-state index contributed by atoms with van der Waals surface area (Å²) in [7, 11) is 1.51. The lowest BCUT2D eigenvalue weighted by molar-refractivity contribution is -0.0669. The predicted molar refractivity (Wildman–Crippen MR) is 74.6 cm³/mol. The highest BCUT2D eigenvalue weighted by Crippen LogP contribution is 2.48. The molecule has 3 N–H and O–H groups in total. The summed E-state index contributed by atoms with van der Waals surface area (Å²) in [4.78, 5) is 11.4. The van der Waals surface area contributed by atoms with Crippen molar-refractivity contribution in [2.24, 2.45) is 5.73 Å². The molecule has 108 valence electrons. The molecule has 6 heteroatoms. The van der Waals surface area contributed by atoms with Crippen LogP contribution in [0.15, 0.2) is 42.5 Å². The first-order valence-electron chi connectivity index (χ1n) is 6.34. The van der Waals surface area contributed by atoms with Gasteiger partial charge in [0.1, 0.15) is 23.3 Å². The Morgan fingerprint density at radius 1 is 1.24 bits per heavy atom. The average molecular weight is 286 g/mol. The first kappa shape index (κ1) is 13.3. The molecular weight excluding hydrogens is 272 g/mol. The monoisotopic (exact) mass is 286 g/mol. The Labute approximate surface area is 121 Å². The zero-order valence-electron chi connectivity index (χ0n) is 11.3. The second-order valence-corrected chi connectivity index (χ2v) is 4.60. The lowest BCUT2D eigenvalue weighted by Crippen LogP contribution is -2.37. The van der Waals surface area contributed by atoms with Gasteiger partial charge in [-0.3, -0.25) is 5.21 Å². The van der Waals surface area contributed by atoms with Gasteiger partial charge in [0.15, 0.2) is 0 Å². The number of fused-ring (bicyclic) bond motifs is 2. The smallest absolute Gasteiger partial charge is 0.339 e. The van der Waals surface area contributed by atoms with Crippen LogP contribution < -0.4 is 15.2 Å². The quantitative estimate of drug-likeness (QED) is 0.656. The van der Waals surface area contributed by atoms with Crippen molar-refractivity contribution in [2.75, 3.05) is 7.11 Å². The van der Waals surface area contributed by atoms with Gasteiger partial charge in [-0.2, -0.15) is 5.06 Å². The molecule has 21 heavy (non-hydrogen) atoms. The van der Waals surface area contributed by atoms with E-state index >= 15 is 0 Å². The number of hydrogen-bond acceptors (Lipinski definition) is 4. The normalized spacial score (nSPS) is 15.4. The van der Waals surface area contributed by atoms with Gasteiger partial charge >= 0.3 is 6.03 Å².